The van der Waals surface area contributed by atoms with Crippen LogP contribution < -0.4 is 20.1 Å². The number of aryl methyl sites for hydroxylation is 1. The molecule has 27 heavy (non-hydrogen) atoms. The standard InChI is InChI=1S/C18H20N6O3/c1-12-7-8-14(9-15(12)24-11-20-22-23-24)21-18(25)19-10-13-5-4-6-16(26-2)17(13)27-3/h4-9,11H,10H2,1-3H3,(H2,19,21,25). The van der Waals surface area contributed by atoms with Crippen molar-refractivity contribution in [1.82, 2.24) is 25.5 Å². The van der Waals surface area contributed by atoms with Crippen molar-refractivity contribution in [3.8, 4) is 17.2 Å². The molecule has 0 aliphatic rings. The van der Waals surface area contributed by atoms with Crippen LogP contribution >= 0.6 is 0 Å². The molecule has 0 saturated heterocycles. The van der Waals surface area contributed by atoms with Crippen molar-refractivity contribution < 1.29 is 14.3 Å². The fourth-order valence-corrected chi connectivity index (χ4v) is 2.65. The van der Waals surface area contributed by atoms with E-state index in [9.17, 15) is 4.79 Å². The predicted molar refractivity (Wildman–Crippen MR) is 99.3 cm³/mol. The third kappa shape index (κ3) is 4.14. The number of para-hydroxylation sites is 1. The van der Waals surface area contributed by atoms with Crippen molar-refractivity contribution in [2.75, 3.05) is 19.5 Å². The van der Waals surface area contributed by atoms with E-state index >= 15 is 0 Å². The van der Waals surface area contributed by atoms with E-state index in [1.165, 1.54) is 6.33 Å². The maximum absolute atomic E-state index is 12.3. The van der Waals surface area contributed by atoms with Crippen molar-refractivity contribution in [1.29, 1.82) is 0 Å². The summed E-state index contributed by atoms with van der Waals surface area (Å²) < 4.78 is 12.2. The Morgan fingerprint density at radius 2 is 2.04 bits per heavy atom. The lowest BCUT2D eigenvalue weighted by Gasteiger charge is -2.14. The number of methoxy groups -OCH3 is 2. The topological polar surface area (TPSA) is 103 Å². The van der Waals surface area contributed by atoms with Crippen LogP contribution in [0.15, 0.2) is 42.7 Å². The normalized spacial score (nSPS) is 10.3. The summed E-state index contributed by atoms with van der Waals surface area (Å²) in [6, 6.07) is 10.7. The Hall–Kier alpha value is -3.62. The molecule has 0 radical (unpaired) electrons. The maximum atomic E-state index is 12.3. The Labute approximate surface area is 156 Å². The quantitative estimate of drug-likeness (QED) is 0.692. The zero-order valence-corrected chi connectivity index (χ0v) is 15.3. The van der Waals surface area contributed by atoms with Gasteiger partial charge >= 0.3 is 6.03 Å². The second kappa shape index (κ2) is 8.17. The number of aromatic nitrogens is 4. The van der Waals surface area contributed by atoms with E-state index < -0.39 is 0 Å². The Bertz CT molecular complexity index is 927. The number of benzene rings is 2. The predicted octanol–water partition coefficient (Wildman–Crippen LogP) is 2.31. The fraction of sp³-hybridized carbons (Fsp3) is 0.222. The maximum Gasteiger partial charge on any atom is 0.319 e. The zero-order chi connectivity index (χ0) is 19.2. The van der Waals surface area contributed by atoms with E-state index in [0.29, 0.717) is 17.2 Å². The monoisotopic (exact) mass is 368 g/mol. The molecular weight excluding hydrogens is 348 g/mol. The minimum absolute atomic E-state index is 0.290. The lowest BCUT2D eigenvalue weighted by Crippen LogP contribution is -2.28. The number of hydrogen-bond donors (Lipinski definition) is 2. The molecule has 3 aromatic rings. The van der Waals surface area contributed by atoms with Gasteiger partial charge in [-0.05, 0) is 41.1 Å². The summed E-state index contributed by atoms with van der Waals surface area (Å²) in [5.41, 5.74) is 3.20. The second-order valence-electron chi connectivity index (χ2n) is 5.72. The van der Waals surface area contributed by atoms with Crippen molar-refractivity contribution >= 4 is 11.7 Å². The van der Waals surface area contributed by atoms with Gasteiger partial charge in [0.25, 0.3) is 0 Å². The molecule has 0 saturated carbocycles. The van der Waals surface area contributed by atoms with Crippen LogP contribution in [-0.2, 0) is 6.54 Å². The molecule has 1 aromatic heterocycles. The third-order valence-electron chi connectivity index (χ3n) is 3.99. The highest BCUT2D eigenvalue weighted by atomic mass is 16.5. The Kier molecular flexibility index (Phi) is 5.50. The number of anilines is 1. The van der Waals surface area contributed by atoms with E-state index in [1.807, 2.05) is 31.2 Å². The van der Waals surface area contributed by atoms with Crippen molar-refractivity contribution in [2.24, 2.45) is 0 Å². The van der Waals surface area contributed by atoms with E-state index in [4.69, 9.17) is 9.47 Å². The van der Waals surface area contributed by atoms with Crippen LogP contribution in [0, 0.1) is 6.92 Å². The highest BCUT2D eigenvalue weighted by Crippen LogP contribution is 2.30. The SMILES string of the molecule is COc1cccc(CNC(=O)Nc2ccc(C)c(-n3cnnn3)c2)c1OC. The molecule has 1 heterocycles. The van der Waals surface area contributed by atoms with Gasteiger partial charge in [0.05, 0.1) is 19.9 Å². The first-order chi connectivity index (χ1) is 13.1. The van der Waals surface area contributed by atoms with Crippen molar-refractivity contribution in [3.05, 3.63) is 53.9 Å². The lowest BCUT2D eigenvalue weighted by molar-refractivity contribution is 0.251. The van der Waals surface area contributed by atoms with Crippen LogP contribution in [0.2, 0.25) is 0 Å². The van der Waals surface area contributed by atoms with Gasteiger partial charge in [0, 0.05) is 17.8 Å². The number of tetrazole rings is 1. The molecule has 9 nitrogen and oxygen atoms in total. The molecule has 0 aliphatic heterocycles. The molecule has 0 fully saturated rings. The average Bonchev–Trinajstić information content (AvgIpc) is 3.22. The first-order valence-electron chi connectivity index (χ1n) is 8.21. The zero-order valence-electron chi connectivity index (χ0n) is 15.3. The van der Waals surface area contributed by atoms with Gasteiger partial charge in [-0.1, -0.05) is 18.2 Å². The van der Waals surface area contributed by atoms with Gasteiger partial charge in [-0.15, -0.1) is 5.10 Å². The van der Waals surface area contributed by atoms with E-state index in [0.717, 1.165) is 16.8 Å². The number of nitrogens with zero attached hydrogens (tertiary/aromatic N) is 4. The second-order valence-corrected chi connectivity index (χ2v) is 5.72. The Morgan fingerprint density at radius 1 is 1.19 bits per heavy atom. The van der Waals surface area contributed by atoms with Gasteiger partial charge in [-0.25, -0.2) is 9.48 Å². The average molecular weight is 368 g/mol. The summed E-state index contributed by atoms with van der Waals surface area (Å²) in [5.74, 6) is 1.21. The van der Waals surface area contributed by atoms with Crippen LogP contribution in [0.3, 0.4) is 0 Å². The Morgan fingerprint density at radius 3 is 2.74 bits per heavy atom. The largest absolute Gasteiger partial charge is 0.493 e. The summed E-state index contributed by atoms with van der Waals surface area (Å²) >= 11 is 0. The summed E-state index contributed by atoms with van der Waals surface area (Å²) in [4.78, 5) is 12.3. The fourth-order valence-electron chi connectivity index (χ4n) is 2.65. The van der Waals surface area contributed by atoms with Gasteiger partial charge in [-0.3, -0.25) is 0 Å². The van der Waals surface area contributed by atoms with Gasteiger partial charge in [-0.2, -0.15) is 0 Å². The van der Waals surface area contributed by atoms with E-state index in [-0.39, 0.29) is 12.6 Å². The molecule has 0 unspecified atom stereocenters. The number of nitrogens with one attached hydrogen (secondary N) is 2. The minimum atomic E-state index is -0.341. The number of rotatable bonds is 6. The third-order valence-corrected chi connectivity index (χ3v) is 3.99. The molecule has 140 valence electrons. The molecule has 0 spiro atoms. The highest BCUT2D eigenvalue weighted by molar-refractivity contribution is 5.89. The van der Waals surface area contributed by atoms with Crippen molar-refractivity contribution in [3.63, 3.8) is 0 Å². The first kappa shape index (κ1) is 18.2. The van der Waals surface area contributed by atoms with Gasteiger partial charge in [0.15, 0.2) is 11.5 Å². The highest BCUT2D eigenvalue weighted by Gasteiger charge is 2.11. The molecule has 3 rings (SSSR count). The van der Waals surface area contributed by atoms with Gasteiger partial charge in [0.2, 0.25) is 0 Å². The number of amides is 2. The number of urea groups is 1. The van der Waals surface area contributed by atoms with Crippen LogP contribution in [0.5, 0.6) is 11.5 Å². The molecule has 2 aromatic carbocycles. The van der Waals surface area contributed by atoms with E-state index in [2.05, 4.69) is 26.2 Å². The smallest absolute Gasteiger partial charge is 0.319 e. The van der Waals surface area contributed by atoms with Crippen LogP contribution in [0.4, 0.5) is 10.5 Å². The summed E-state index contributed by atoms with van der Waals surface area (Å²) in [6.07, 6.45) is 1.50. The van der Waals surface area contributed by atoms with Gasteiger partial charge < -0.3 is 20.1 Å². The molecule has 0 atom stereocenters. The molecule has 2 N–H and O–H groups in total. The molecule has 2 amide bonds. The molecular formula is C18H20N6O3. The molecule has 0 aliphatic carbocycles. The summed E-state index contributed by atoms with van der Waals surface area (Å²) in [7, 11) is 3.13. The van der Waals surface area contributed by atoms with Gasteiger partial charge in [0.1, 0.15) is 6.33 Å². The van der Waals surface area contributed by atoms with Crippen LogP contribution in [0.1, 0.15) is 11.1 Å². The molecule has 0 bridgehead atoms. The van der Waals surface area contributed by atoms with Crippen molar-refractivity contribution in [2.45, 2.75) is 13.5 Å². The minimum Gasteiger partial charge on any atom is -0.493 e. The number of ether oxygens (including phenoxy) is 2. The van der Waals surface area contributed by atoms with Crippen LogP contribution in [0.25, 0.3) is 5.69 Å². The summed E-state index contributed by atoms with van der Waals surface area (Å²) in [5, 5.41) is 16.8. The Balaban J connectivity index is 1.68. The molecule has 9 heteroatoms. The van der Waals surface area contributed by atoms with Crippen LogP contribution in [-0.4, -0.2) is 40.5 Å². The summed E-state index contributed by atoms with van der Waals surface area (Å²) in [6.45, 7) is 2.23. The van der Waals surface area contributed by atoms with E-state index in [1.54, 1.807) is 31.0 Å². The number of hydrogen-bond acceptors (Lipinski definition) is 6. The number of carbonyl (C=O) groups is 1. The lowest BCUT2D eigenvalue weighted by atomic mass is 10.2. The first-order valence-corrected chi connectivity index (χ1v) is 8.21. The number of carbonyl (C=O) groups excluding carboxylic acids is 1.